The number of nitrogens with zero attached hydrogens (tertiary/aromatic N) is 3. The standard InChI is InChI=1S/C13H10N4O3S/c1-7-4-11(19)20-12-8(7)2-3-10(18)9(12)5-15-17-6-14-16-13(17)21/h2-6,18H,1H3,(H,16,21)/b15-5+. The lowest BCUT2D eigenvalue weighted by atomic mass is 10.1. The molecule has 2 heterocycles. The van der Waals surface area contributed by atoms with Crippen molar-refractivity contribution < 1.29 is 9.52 Å². The summed E-state index contributed by atoms with van der Waals surface area (Å²) in [7, 11) is 0. The summed E-state index contributed by atoms with van der Waals surface area (Å²) < 4.78 is 6.82. The third-order valence-corrected chi connectivity index (χ3v) is 3.26. The summed E-state index contributed by atoms with van der Waals surface area (Å²) in [5, 5.41) is 21.1. The number of fused-ring (bicyclic) bond motifs is 1. The minimum Gasteiger partial charge on any atom is -0.507 e. The highest BCUT2D eigenvalue weighted by Gasteiger charge is 2.10. The second kappa shape index (κ2) is 4.98. The monoisotopic (exact) mass is 302 g/mol. The van der Waals surface area contributed by atoms with Crippen LogP contribution in [0.4, 0.5) is 0 Å². The molecule has 3 rings (SSSR count). The smallest absolute Gasteiger partial charge is 0.336 e. The number of rotatable bonds is 2. The van der Waals surface area contributed by atoms with E-state index in [0.29, 0.717) is 10.3 Å². The summed E-state index contributed by atoms with van der Waals surface area (Å²) in [6, 6.07) is 4.60. The fourth-order valence-corrected chi connectivity index (χ4v) is 2.11. The Hall–Kier alpha value is -2.74. The average Bonchev–Trinajstić information content (AvgIpc) is 2.83. The number of hydrogen-bond acceptors (Lipinski definition) is 6. The van der Waals surface area contributed by atoms with E-state index in [4.69, 9.17) is 16.6 Å². The van der Waals surface area contributed by atoms with Crippen molar-refractivity contribution in [2.45, 2.75) is 6.92 Å². The first-order valence-electron chi connectivity index (χ1n) is 5.99. The summed E-state index contributed by atoms with van der Waals surface area (Å²) >= 11 is 4.97. The van der Waals surface area contributed by atoms with Gasteiger partial charge in [-0.15, -0.1) is 0 Å². The van der Waals surface area contributed by atoms with Crippen molar-refractivity contribution in [1.29, 1.82) is 0 Å². The van der Waals surface area contributed by atoms with E-state index in [9.17, 15) is 9.90 Å². The molecule has 0 aliphatic carbocycles. The van der Waals surface area contributed by atoms with Gasteiger partial charge in [-0.25, -0.2) is 4.79 Å². The van der Waals surface area contributed by atoms with Gasteiger partial charge in [0.15, 0.2) is 5.58 Å². The van der Waals surface area contributed by atoms with Crippen molar-refractivity contribution in [2.24, 2.45) is 5.10 Å². The van der Waals surface area contributed by atoms with E-state index >= 15 is 0 Å². The van der Waals surface area contributed by atoms with Crippen LogP contribution in [-0.2, 0) is 0 Å². The van der Waals surface area contributed by atoms with Crippen LogP contribution in [0.1, 0.15) is 11.1 Å². The minimum absolute atomic E-state index is 0.0463. The van der Waals surface area contributed by atoms with Crippen LogP contribution in [0.2, 0.25) is 0 Å². The molecule has 2 aromatic heterocycles. The lowest BCUT2D eigenvalue weighted by Crippen LogP contribution is -2.00. The van der Waals surface area contributed by atoms with Crippen LogP contribution in [0, 0.1) is 11.7 Å². The highest BCUT2D eigenvalue weighted by atomic mass is 32.1. The maximum absolute atomic E-state index is 11.5. The molecule has 21 heavy (non-hydrogen) atoms. The Labute approximate surface area is 123 Å². The second-order valence-corrected chi connectivity index (χ2v) is 4.76. The van der Waals surface area contributed by atoms with Crippen molar-refractivity contribution in [2.75, 3.05) is 0 Å². The van der Waals surface area contributed by atoms with Gasteiger partial charge in [-0.2, -0.15) is 14.9 Å². The van der Waals surface area contributed by atoms with E-state index in [2.05, 4.69) is 15.3 Å². The number of H-pyrrole nitrogens is 1. The molecule has 1 aromatic carbocycles. The van der Waals surface area contributed by atoms with E-state index in [-0.39, 0.29) is 11.3 Å². The van der Waals surface area contributed by atoms with Gasteiger partial charge in [0.2, 0.25) is 4.77 Å². The molecule has 0 unspecified atom stereocenters. The maximum atomic E-state index is 11.5. The molecule has 0 aliphatic rings. The summed E-state index contributed by atoms with van der Waals surface area (Å²) in [5.41, 5.74) is 0.853. The molecule has 7 nitrogen and oxygen atoms in total. The zero-order chi connectivity index (χ0) is 15.0. The molecule has 0 saturated carbocycles. The molecule has 0 atom stereocenters. The summed E-state index contributed by atoms with van der Waals surface area (Å²) in [6.45, 7) is 1.80. The van der Waals surface area contributed by atoms with Gasteiger partial charge in [-0.05, 0) is 36.8 Å². The van der Waals surface area contributed by atoms with Gasteiger partial charge in [0.05, 0.1) is 11.8 Å². The Balaban J connectivity index is 2.24. The molecule has 0 spiro atoms. The van der Waals surface area contributed by atoms with Crippen LogP contribution < -0.4 is 5.63 Å². The van der Waals surface area contributed by atoms with Crippen LogP contribution in [0.25, 0.3) is 11.0 Å². The molecule has 0 saturated heterocycles. The predicted octanol–water partition coefficient (Wildman–Crippen LogP) is 1.94. The maximum Gasteiger partial charge on any atom is 0.336 e. The number of aromatic nitrogens is 3. The molecule has 3 aromatic rings. The summed E-state index contributed by atoms with van der Waals surface area (Å²) in [5.74, 6) is -0.0463. The van der Waals surface area contributed by atoms with Crippen LogP contribution >= 0.6 is 12.2 Å². The molecular formula is C13H10N4O3S. The number of nitrogens with one attached hydrogen (secondary N) is 1. The topological polar surface area (TPSA) is 96.4 Å². The quantitative estimate of drug-likeness (QED) is 0.428. The minimum atomic E-state index is -0.486. The molecule has 0 radical (unpaired) electrons. The normalized spacial score (nSPS) is 11.5. The third-order valence-electron chi connectivity index (χ3n) is 2.98. The van der Waals surface area contributed by atoms with E-state index in [1.54, 1.807) is 13.0 Å². The van der Waals surface area contributed by atoms with Crippen molar-refractivity contribution in [3.63, 3.8) is 0 Å². The van der Waals surface area contributed by atoms with Crippen molar-refractivity contribution in [1.82, 2.24) is 14.9 Å². The van der Waals surface area contributed by atoms with Gasteiger partial charge in [0.1, 0.15) is 12.1 Å². The van der Waals surface area contributed by atoms with E-state index in [1.165, 1.54) is 29.4 Å². The van der Waals surface area contributed by atoms with Crippen molar-refractivity contribution >= 4 is 29.4 Å². The SMILES string of the molecule is Cc1cc(=O)oc2c(/C=N/n3cn[nH]c3=S)c(O)ccc12. The highest BCUT2D eigenvalue weighted by Crippen LogP contribution is 2.26. The first-order valence-corrected chi connectivity index (χ1v) is 6.40. The molecule has 2 N–H and O–H groups in total. The summed E-state index contributed by atoms with van der Waals surface area (Å²) in [6.07, 6.45) is 2.76. The van der Waals surface area contributed by atoms with E-state index in [1.807, 2.05) is 0 Å². The Morgan fingerprint density at radius 3 is 3.05 bits per heavy atom. The van der Waals surface area contributed by atoms with E-state index in [0.717, 1.165) is 10.9 Å². The fraction of sp³-hybridized carbons (Fsp3) is 0.0769. The van der Waals surface area contributed by atoms with Gasteiger partial charge >= 0.3 is 5.63 Å². The van der Waals surface area contributed by atoms with Crippen LogP contribution in [0.3, 0.4) is 0 Å². The number of aromatic hydroxyl groups is 1. The number of aryl methyl sites for hydroxylation is 1. The highest BCUT2D eigenvalue weighted by molar-refractivity contribution is 7.71. The molecule has 0 bridgehead atoms. The number of benzene rings is 1. The molecule has 106 valence electrons. The largest absolute Gasteiger partial charge is 0.507 e. The molecule has 8 heteroatoms. The van der Waals surface area contributed by atoms with Crippen LogP contribution in [0.5, 0.6) is 5.75 Å². The van der Waals surface area contributed by atoms with Gasteiger partial charge in [0, 0.05) is 11.5 Å². The van der Waals surface area contributed by atoms with Crippen LogP contribution in [-0.4, -0.2) is 26.2 Å². The Morgan fingerprint density at radius 2 is 2.33 bits per heavy atom. The lowest BCUT2D eigenvalue weighted by molar-refractivity contribution is 0.472. The third kappa shape index (κ3) is 2.36. The first kappa shape index (κ1) is 13.3. The van der Waals surface area contributed by atoms with Crippen molar-refractivity contribution in [3.05, 3.63) is 50.8 Å². The Bertz CT molecular complexity index is 967. The molecular weight excluding hydrogens is 292 g/mol. The average molecular weight is 302 g/mol. The number of phenols is 1. The van der Waals surface area contributed by atoms with E-state index < -0.39 is 5.63 Å². The zero-order valence-corrected chi connectivity index (χ0v) is 11.7. The second-order valence-electron chi connectivity index (χ2n) is 4.37. The molecule has 0 fully saturated rings. The fourth-order valence-electron chi connectivity index (χ4n) is 1.96. The number of hydrogen-bond donors (Lipinski definition) is 2. The zero-order valence-electron chi connectivity index (χ0n) is 10.9. The number of phenolic OH excluding ortho intramolecular Hbond substituents is 1. The predicted molar refractivity (Wildman–Crippen MR) is 79.3 cm³/mol. The van der Waals surface area contributed by atoms with Gasteiger partial charge < -0.3 is 9.52 Å². The number of aromatic amines is 1. The summed E-state index contributed by atoms with van der Waals surface area (Å²) in [4.78, 5) is 11.5. The molecule has 0 amide bonds. The van der Waals surface area contributed by atoms with Crippen LogP contribution in [0.15, 0.2) is 38.8 Å². The first-order chi connectivity index (χ1) is 10.1. The van der Waals surface area contributed by atoms with Crippen molar-refractivity contribution in [3.8, 4) is 5.75 Å². The van der Waals surface area contributed by atoms with Gasteiger partial charge in [-0.1, -0.05) is 0 Å². The Morgan fingerprint density at radius 1 is 1.52 bits per heavy atom. The Kier molecular flexibility index (Phi) is 3.15. The van der Waals surface area contributed by atoms with Gasteiger partial charge in [-0.3, -0.25) is 5.10 Å². The lowest BCUT2D eigenvalue weighted by Gasteiger charge is -2.05. The van der Waals surface area contributed by atoms with Gasteiger partial charge in [0.25, 0.3) is 0 Å². The molecule has 0 aliphatic heterocycles.